The summed E-state index contributed by atoms with van der Waals surface area (Å²) in [6.07, 6.45) is 0. The first-order valence-electron chi connectivity index (χ1n) is 6.05. The van der Waals surface area contributed by atoms with Crippen LogP contribution in [-0.4, -0.2) is 43.2 Å². The fourth-order valence-electron chi connectivity index (χ4n) is 1.50. The number of hydrogen-bond acceptors (Lipinski definition) is 5. The van der Waals surface area contributed by atoms with Gasteiger partial charge in [-0.15, -0.1) is 0 Å². The van der Waals surface area contributed by atoms with Crippen molar-refractivity contribution in [1.29, 1.82) is 0 Å². The molecule has 0 heterocycles. The zero-order valence-electron chi connectivity index (χ0n) is 11.3. The van der Waals surface area contributed by atoms with E-state index in [0.717, 1.165) is 5.56 Å². The van der Waals surface area contributed by atoms with Crippen LogP contribution in [0.25, 0.3) is 0 Å². The van der Waals surface area contributed by atoms with Crippen LogP contribution >= 0.6 is 0 Å². The second-order valence-electron chi connectivity index (χ2n) is 4.66. The van der Waals surface area contributed by atoms with Gasteiger partial charge in [0.15, 0.2) is 9.84 Å². The topological polar surface area (TPSA) is 83.8 Å². The molecule has 0 atom stereocenters. The number of hydrogen-bond donors (Lipinski definition) is 2. The molecule has 0 bridgehead atoms. The standard InChI is InChI=1S/C12H19BO5S/c1-9(2)19(16,17)7-6-18-12-5-4-11(13(14)15)8-10(12)3/h4-5,8-9,14-15H,6-7H2,1-3H3. The second kappa shape index (κ2) is 6.41. The molecular formula is C12H19BO5S. The number of rotatable bonds is 6. The van der Waals surface area contributed by atoms with Crippen LogP contribution in [0.4, 0.5) is 0 Å². The molecule has 0 aliphatic rings. The van der Waals surface area contributed by atoms with Crippen molar-refractivity contribution >= 4 is 22.4 Å². The molecule has 7 heteroatoms. The third-order valence-electron chi connectivity index (χ3n) is 2.84. The smallest absolute Gasteiger partial charge is 0.488 e. The maximum Gasteiger partial charge on any atom is 0.488 e. The molecule has 0 saturated heterocycles. The first-order valence-corrected chi connectivity index (χ1v) is 7.76. The number of sulfone groups is 1. The molecule has 0 aromatic heterocycles. The highest BCUT2D eigenvalue weighted by Gasteiger charge is 2.16. The van der Waals surface area contributed by atoms with E-state index in [0.29, 0.717) is 11.2 Å². The van der Waals surface area contributed by atoms with Crippen LogP contribution in [0.15, 0.2) is 18.2 Å². The van der Waals surface area contributed by atoms with E-state index in [1.807, 2.05) is 0 Å². The quantitative estimate of drug-likeness (QED) is 0.712. The lowest BCUT2D eigenvalue weighted by Gasteiger charge is -2.12. The Morgan fingerprint density at radius 2 is 1.95 bits per heavy atom. The Labute approximate surface area is 114 Å². The van der Waals surface area contributed by atoms with Gasteiger partial charge in [0.2, 0.25) is 0 Å². The van der Waals surface area contributed by atoms with Crippen molar-refractivity contribution in [3.8, 4) is 5.75 Å². The minimum atomic E-state index is -3.11. The summed E-state index contributed by atoms with van der Waals surface area (Å²) < 4.78 is 28.6. The summed E-state index contributed by atoms with van der Waals surface area (Å²) in [6, 6.07) is 4.73. The van der Waals surface area contributed by atoms with Gasteiger partial charge in [-0.1, -0.05) is 12.1 Å². The monoisotopic (exact) mass is 286 g/mol. The van der Waals surface area contributed by atoms with Crippen LogP contribution < -0.4 is 10.2 Å². The van der Waals surface area contributed by atoms with Crippen LogP contribution in [-0.2, 0) is 9.84 Å². The summed E-state index contributed by atoms with van der Waals surface area (Å²) in [7, 11) is -4.63. The summed E-state index contributed by atoms with van der Waals surface area (Å²) in [6.45, 7) is 5.12. The van der Waals surface area contributed by atoms with Gasteiger partial charge >= 0.3 is 7.12 Å². The Hall–Kier alpha value is -1.05. The predicted octanol–water partition coefficient (Wildman–Crippen LogP) is -0.123. The van der Waals surface area contributed by atoms with Crippen molar-refractivity contribution < 1.29 is 23.2 Å². The normalized spacial score (nSPS) is 11.7. The van der Waals surface area contributed by atoms with E-state index in [-0.39, 0.29) is 12.4 Å². The van der Waals surface area contributed by atoms with E-state index in [1.165, 1.54) is 6.07 Å². The summed E-state index contributed by atoms with van der Waals surface area (Å²) >= 11 is 0. The van der Waals surface area contributed by atoms with Crippen LogP contribution in [0.2, 0.25) is 0 Å². The number of aryl methyl sites for hydroxylation is 1. The molecule has 0 aliphatic carbocycles. The van der Waals surface area contributed by atoms with E-state index in [2.05, 4.69) is 0 Å². The van der Waals surface area contributed by atoms with E-state index in [1.54, 1.807) is 32.9 Å². The molecule has 0 radical (unpaired) electrons. The highest BCUT2D eigenvalue weighted by Crippen LogP contribution is 2.15. The zero-order valence-corrected chi connectivity index (χ0v) is 12.1. The Balaban J connectivity index is 2.65. The fourth-order valence-corrected chi connectivity index (χ4v) is 2.29. The number of ether oxygens (including phenoxy) is 1. The molecule has 0 saturated carbocycles. The average molecular weight is 286 g/mol. The summed E-state index contributed by atoms with van der Waals surface area (Å²) in [4.78, 5) is 0. The van der Waals surface area contributed by atoms with Crippen LogP contribution in [0.5, 0.6) is 5.75 Å². The molecule has 0 spiro atoms. The Morgan fingerprint density at radius 1 is 1.32 bits per heavy atom. The van der Waals surface area contributed by atoms with E-state index in [9.17, 15) is 8.42 Å². The largest absolute Gasteiger partial charge is 0.492 e. The molecule has 0 unspecified atom stereocenters. The predicted molar refractivity (Wildman–Crippen MR) is 75.4 cm³/mol. The third kappa shape index (κ3) is 4.52. The van der Waals surface area contributed by atoms with E-state index < -0.39 is 22.2 Å². The van der Waals surface area contributed by atoms with Gasteiger partial charge in [0, 0.05) is 0 Å². The van der Waals surface area contributed by atoms with Crippen molar-refractivity contribution in [2.75, 3.05) is 12.4 Å². The summed E-state index contributed by atoms with van der Waals surface area (Å²) in [5.74, 6) is 0.512. The third-order valence-corrected chi connectivity index (χ3v) is 5.01. The van der Waals surface area contributed by atoms with Gasteiger partial charge in [-0.05, 0) is 37.9 Å². The van der Waals surface area contributed by atoms with Gasteiger partial charge in [0.05, 0.1) is 11.0 Å². The number of benzene rings is 1. The lowest BCUT2D eigenvalue weighted by atomic mass is 9.79. The molecule has 0 fully saturated rings. The lowest BCUT2D eigenvalue weighted by Crippen LogP contribution is -2.30. The van der Waals surface area contributed by atoms with E-state index >= 15 is 0 Å². The molecule has 2 N–H and O–H groups in total. The SMILES string of the molecule is Cc1cc(B(O)O)ccc1OCCS(=O)(=O)C(C)C. The van der Waals surface area contributed by atoms with Gasteiger partial charge < -0.3 is 14.8 Å². The van der Waals surface area contributed by atoms with Crippen LogP contribution in [0, 0.1) is 6.92 Å². The first kappa shape index (κ1) is 16.0. The fraction of sp³-hybridized carbons (Fsp3) is 0.500. The molecule has 1 rings (SSSR count). The second-order valence-corrected chi connectivity index (χ2v) is 7.34. The lowest BCUT2D eigenvalue weighted by molar-refractivity contribution is 0.338. The van der Waals surface area contributed by atoms with Gasteiger partial charge in [0.1, 0.15) is 12.4 Å². The van der Waals surface area contributed by atoms with Gasteiger partial charge in [-0.25, -0.2) is 8.42 Å². The maximum atomic E-state index is 11.6. The highest BCUT2D eigenvalue weighted by atomic mass is 32.2. The van der Waals surface area contributed by atoms with Gasteiger partial charge in [-0.2, -0.15) is 0 Å². The molecule has 0 amide bonds. The van der Waals surface area contributed by atoms with Crippen LogP contribution in [0.3, 0.4) is 0 Å². The van der Waals surface area contributed by atoms with Crippen molar-refractivity contribution in [3.05, 3.63) is 23.8 Å². The van der Waals surface area contributed by atoms with Crippen molar-refractivity contribution in [2.45, 2.75) is 26.0 Å². The minimum Gasteiger partial charge on any atom is -0.492 e. The Morgan fingerprint density at radius 3 is 2.42 bits per heavy atom. The molecule has 5 nitrogen and oxygen atoms in total. The van der Waals surface area contributed by atoms with Crippen molar-refractivity contribution in [3.63, 3.8) is 0 Å². The molecule has 1 aromatic carbocycles. The summed E-state index contributed by atoms with van der Waals surface area (Å²) in [5, 5.41) is 17.6. The minimum absolute atomic E-state index is 0.0333. The molecular weight excluding hydrogens is 267 g/mol. The van der Waals surface area contributed by atoms with E-state index in [4.69, 9.17) is 14.8 Å². The molecule has 19 heavy (non-hydrogen) atoms. The van der Waals surface area contributed by atoms with Gasteiger partial charge in [-0.3, -0.25) is 0 Å². The first-order chi connectivity index (χ1) is 8.74. The average Bonchev–Trinajstić information content (AvgIpc) is 2.30. The van der Waals surface area contributed by atoms with Gasteiger partial charge in [0.25, 0.3) is 0 Å². The maximum absolute atomic E-state index is 11.6. The summed E-state index contributed by atoms with van der Waals surface area (Å²) in [5.41, 5.74) is 1.10. The zero-order chi connectivity index (χ0) is 14.6. The van der Waals surface area contributed by atoms with Crippen molar-refractivity contribution in [2.24, 2.45) is 0 Å². The highest BCUT2D eigenvalue weighted by molar-refractivity contribution is 7.91. The van der Waals surface area contributed by atoms with Crippen LogP contribution in [0.1, 0.15) is 19.4 Å². The molecule has 0 aliphatic heterocycles. The molecule has 1 aromatic rings. The van der Waals surface area contributed by atoms with Crippen molar-refractivity contribution in [1.82, 2.24) is 0 Å². The Kier molecular flexibility index (Phi) is 5.40. The molecule has 106 valence electrons. The Bertz CT molecular complexity index is 525.